The summed E-state index contributed by atoms with van der Waals surface area (Å²) in [4.78, 5) is 35.1. The van der Waals surface area contributed by atoms with Crippen molar-refractivity contribution in [3.05, 3.63) is 35.2 Å². The lowest BCUT2D eigenvalue weighted by molar-refractivity contribution is -0.117. The van der Waals surface area contributed by atoms with E-state index < -0.39 is 0 Å². The number of likely N-dealkylation sites (tertiary alicyclic amines) is 1. The van der Waals surface area contributed by atoms with Gasteiger partial charge in [0.1, 0.15) is 5.82 Å². The smallest absolute Gasteiger partial charge is 0.255 e. The van der Waals surface area contributed by atoms with E-state index in [0.717, 1.165) is 31.6 Å². The van der Waals surface area contributed by atoms with Gasteiger partial charge in [-0.25, -0.2) is 4.98 Å². The third-order valence-corrected chi connectivity index (χ3v) is 5.51. The lowest BCUT2D eigenvalue weighted by Crippen LogP contribution is -2.51. The molecule has 0 N–H and O–H groups in total. The summed E-state index contributed by atoms with van der Waals surface area (Å²) in [5.74, 6) is 0.472. The van der Waals surface area contributed by atoms with Crippen molar-refractivity contribution in [3.63, 3.8) is 0 Å². The predicted molar refractivity (Wildman–Crippen MR) is 107 cm³/mol. The number of anilines is 2. The van der Waals surface area contributed by atoms with Gasteiger partial charge in [0, 0.05) is 45.6 Å². The number of carbonyl (C=O) groups excluding carboxylic acids is 2. The molecule has 0 spiro atoms. The minimum atomic E-state index is -0.0365. The summed E-state index contributed by atoms with van der Waals surface area (Å²) in [6.07, 6.45) is 8.30. The minimum Gasteiger partial charge on any atom is -0.344 e. The fourth-order valence-corrected chi connectivity index (χ4v) is 4.02. The molecule has 0 atom stereocenters. The fourth-order valence-electron chi connectivity index (χ4n) is 3.73. The lowest BCUT2D eigenvalue weighted by Gasteiger charge is -2.34. The van der Waals surface area contributed by atoms with Crippen LogP contribution >= 0.6 is 11.6 Å². The van der Waals surface area contributed by atoms with Crippen LogP contribution in [0.3, 0.4) is 0 Å². The van der Waals surface area contributed by atoms with Gasteiger partial charge in [-0.05, 0) is 25.3 Å². The van der Waals surface area contributed by atoms with E-state index in [4.69, 9.17) is 11.6 Å². The molecular weight excluding hydrogens is 380 g/mol. The second-order valence-corrected chi connectivity index (χ2v) is 7.63. The molecule has 28 heavy (non-hydrogen) atoms. The van der Waals surface area contributed by atoms with Gasteiger partial charge in [0.2, 0.25) is 5.91 Å². The standard InChI is InChI=1S/C19H23ClN6O2/c1-23-12-15(11-22-23)26-8-7-25(13-17(26)27)18-16(20)9-14(10-21-18)19(28)24-5-3-2-4-6-24/h9-12H,2-8,13H2,1H3. The largest absolute Gasteiger partial charge is 0.344 e. The van der Waals surface area contributed by atoms with Crippen molar-refractivity contribution in [2.45, 2.75) is 19.3 Å². The highest BCUT2D eigenvalue weighted by atomic mass is 35.5. The molecule has 0 aromatic carbocycles. The van der Waals surface area contributed by atoms with Gasteiger partial charge in [-0.3, -0.25) is 14.3 Å². The van der Waals surface area contributed by atoms with Gasteiger partial charge in [0.05, 0.1) is 29.0 Å². The molecule has 0 unspecified atom stereocenters. The number of carbonyl (C=O) groups is 2. The SMILES string of the molecule is Cn1cc(N2CCN(c3ncc(C(=O)N4CCCCC4)cc3Cl)CC2=O)cn1. The monoisotopic (exact) mass is 402 g/mol. The maximum Gasteiger partial charge on any atom is 0.255 e. The summed E-state index contributed by atoms with van der Waals surface area (Å²) in [5.41, 5.74) is 1.28. The van der Waals surface area contributed by atoms with Crippen molar-refractivity contribution in [2.24, 2.45) is 7.05 Å². The second-order valence-electron chi connectivity index (χ2n) is 7.22. The Morgan fingerprint density at radius 2 is 1.89 bits per heavy atom. The molecule has 0 bridgehead atoms. The summed E-state index contributed by atoms with van der Waals surface area (Å²) >= 11 is 6.44. The molecule has 0 aliphatic carbocycles. The number of hydrogen-bond donors (Lipinski definition) is 0. The average molecular weight is 403 g/mol. The zero-order valence-electron chi connectivity index (χ0n) is 15.8. The van der Waals surface area contributed by atoms with E-state index in [1.807, 2.05) is 23.0 Å². The number of nitrogens with zero attached hydrogens (tertiary/aromatic N) is 6. The van der Waals surface area contributed by atoms with Crippen molar-refractivity contribution in [2.75, 3.05) is 42.5 Å². The molecule has 0 saturated carbocycles. The molecule has 4 heterocycles. The third-order valence-electron chi connectivity index (χ3n) is 5.24. The summed E-state index contributed by atoms with van der Waals surface area (Å²) in [6.45, 7) is 2.87. The molecule has 2 aromatic rings. The van der Waals surface area contributed by atoms with Crippen molar-refractivity contribution >= 4 is 34.9 Å². The summed E-state index contributed by atoms with van der Waals surface area (Å²) in [6, 6.07) is 1.67. The highest BCUT2D eigenvalue weighted by Crippen LogP contribution is 2.27. The first-order chi connectivity index (χ1) is 13.5. The number of aryl methyl sites for hydroxylation is 1. The molecule has 8 nitrogen and oxygen atoms in total. The van der Waals surface area contributed by atoms with Crippen LogP contribution in [0.15, 0.2) is 24.7 Å². The van der Waals surface area contributed by atoms with Crippen LogP contribution < -0.4 is 9.80 Å². The Hall–Kier alpha value is -2.61. The molecule has 148 valence electrons. The molecule has 2 aliphatic heterocycles. The molecule has 2 fully saturated rings. The number of piperidine rings is 1. The molecule has 9 heteroatoms. The Labute approximate surface area is 168 Å². The number of amides is 2. The van der Waals surface area contributed by atoms with Crippen LogP contribution in [-0.4, -0.2) is 64.2 Å². The minimum absolute atomic E-state index is 0.0295. The van der Waals surface area contributed by atoms with E-state index in [1.54, 1.807) is 28.0 Å². The molecule has 2 saturated heterocycles. The van der Waals surface area contributed by atoms with Crippen LogP contribution in [0.25, 0.3) is 0 Å². The van der Waals surface area contributed by atoms with Crippen LogP contribution in [-0.2, 0) is 11.8 Å². The first kappa shape index (κ1) is 18.7. The Balaban J connectivity index is 1.46. The van der Waals surface area contributed by atoms with E-state index in [9.17, 15) is 9.59 Å². The number of pyridine rings is 1. The number of aromatic nitrogens is 3. The predicted octanol–water partition coefficient (Wildman–Crippen LogP) is 1.95. The summed E-state index contributed by atoms with van der Waals surface area (Å²) in [7, 11) is 1.82. The van der Waals surface area contributed by atoms with E-state index >= 15 is 0 Å². The number of hydrogen-bond acceptors (Lipinski definition) is 5. The first-order valence-corrected chi connectivity index (χ1v) is 9.89. The highest BCUT2D eigenvalue weighted by molar-refractivity contribution is 6.33. The third kappa shape index (κ3) is 3.69. The zero-order valence-corrected chi connectivity index (χ0v) is 16.6. The van der Waals surface area contributed by atoms with Gasteiger partial charge in [0.25, 0.3) is 5.91 Å². The quantitative estimate of drug-likeness (QED) is 0.784. The Bertz CT molecular complexity index is 892. The Kier molecular flexibility index (Phi) is 5.21. The van der Waals surface area contributed by atoms with Gasteiger partial charge in [-0.2, -0.15) is 5.10 Å². The van der Waals surface area contributed by atoms with Crippen LogP contribution in [0, 0.1) is 0 Å². The molecule has 0 radical (unpaired) electrons. The van der Waals surface area contributed by atoms with Gasteiger partial charge in [-0.1, -0.05) is 11.6 Å². The molecule has 2 aliphatic rings. The van der Waals surface area contributed by atoms with Gasteiger partial charge in [0.15, 0.2) is 0 Å². The van der Waals surface area contributed by atoms with Crippen molar-refractivity contribution in [3.8, 4) is 0 Å². The fraction of sp³-hybridized carbons (Fsp3) is 0.474. The molecule has 4 rings (SSSR count). The van der Waals surface area contributed by atoms with Crippen molar-refractivity contribution < 1.29 is 9.59 Å². The topological polar surface area (TPSA) is 74.6 Å². The highest BCUT2D eigenvalue weighted by Gasteiger charge is 2.28. The number of piperazine rings is 1. The van der Waals surface area contributed by atoms with E-state index in [1.165, 1.54) is 6.42 Å². The van der Waals surface area contributed by atoms with E-state index in [-0.39, 0.29) is 18.4 Å². The zero-order chi connectivity index (χ0) is 19.7. The van der Waals surface area contributed by atoms with Crippen LogP contribution in [0.2, 0.25) is 5.02 Å². The summed E-state index contributed by atoms with van der Waals surface area (Å²) < 4.78 is 1.67. The van der Waals surface area contributed by atoms with Gasteiger partial charge >= 0.3 is 0 Å². The Morgan fingerprint density at radius 3 is 2.54 bits per heavy atom. The normalized spacial score (nSPS) is 17.9. The molecule has 2 amide bonds. The van der Waals surface area contributed by atoms with Crippen LogP contribution in [0.1, 0.15) is 29.6 Å². The number of halogens is 1. The number of rotatable bonds is 3. The lowest BCUT2D eigenvalue weighted by atomic mass is 10.1. The maximum atomic E-state index is 12.6. The van der Waals surface area contributed by atoms with E-state index in [2.05, 4.69) is 10.1 Å². The average Bonchev–Trinajstić information content (AvgIpc) is 3.14. The van der Waals surface area contributed by atoms with Crippen LogP contribution in [0.4, 0.5) is 11.5 Å². The summed E-state index contributed by atoms with van der Waals surface area (Å²) in [5, 5.41) is 4.52. The second kappa shape index (κ2) is 7.79. The van der Waals surface area contributed by atoms with E-state index in [0.29, 0.717) is 29.5 Å². The van der Waals surface area contributed by atoms with Crippen molar-refractivity contribution in [1.29, 1.82) is 0 Å². The molecular formula is C19H23ClN6O2. The maximum absolute atomic E-state index is 12.6. The van der Waals surface area contributed by atoms with Crippen molar-refractivity contribution in [1.82, 2.24) is 19.7 Å². The first-order valence-electron chi connectivity index (χ1n) is 9.52. The molecule has 2 aromatic heterocycles. The van der Waals surface area contributed by atoms with Gasteiger partial charge < -0.3 is 14.7 Å². The van der Waals surface area contributed by atoms with Gasteiger partial charge in [-0.15, -0.1) is 0 Å². The Morgan fingerprint density at radius 1 is 1.11 bits per heavy atom. The van der Waals surface area contributed by atoms with Crippen LogP contribution in [0.5, 0.6) is 0 Å².